The number of hydrogen-bond acceptors (Lipinski definition) is 0. The zero-order valence-corrected chi connectivity index (χ0v) is 22.1. The molecule has 0 N–H and O–H groups in total. The van der Waals surface area contributed by atoms with Crippen LogP contribution in [0.25, 0.3) is 0 Å². The van der Waals surface area contributed by atoms with Crippen molar-refractivity contribution in [2.45, 2.75) is 137 Å². The molecule has 0 aromatic heterocycles. The largest absolute Gasteiger partial charge is 0.0683 e. The summed E-state index contributed by atoms with van der Waals surface area (Å²) in [6.07, 6.45) is 10.9. The van der Waals surface area contributed by atoms with Gasteiger partial charge in [0.2, 0.25) is 0 Å². The number of hydrogen-bond donors (Lipinski definition) is 0. The van der Waals surface area contributed by atoms with Crippen molar-refractivity contribution in [3.8, 4) is 0 Å². The molecule has 0 heterocycles. The molecule has 0 bridgehead atoms. The lowest BCUT2D eigenvalue weighted by molar-refractivity contribution is 0.256. The predicted molar refractivity (Wildman–Crippen MR) is 136 cm³/mol. The standard InChI is InChI=1S/C28H46.C2H6/c1-9-16-28(19-22(28)12-11-20(3)10-2)21-13-14-25-23(18-21)24(26(4,5)6)15-17-27(25,7)8;1-2/h13-14,18,20,22,24H,9-12,15-17,19H2,1-8H3;1-2H3/t20-,22?,24-,28?;/m1./s1. The normalized spacial score (nSPS) is 28.2. The number of benzene rings is 1. The quantitative estimate of drug-likeness (QED) is 0.418. The van der Waals surface area contributed by atoms with Crippen molar-refractivity contribution >= 4 is 0 Å². The van der Waals surface area contributed by atoms with Crippen LogP contribution in [0.1, 0.15) is 143 Å². The van der Waals surface area contributed by atoms with Crippen LogP contribution in [0.4, 0.5) is 0 Å². The van der Waals surface area contributed by atoms with E-state index < -0.39 is 0 Å². The van der Waals surface area contributed by atoms with E-state index in [0.29, 0.717) is 22.2 Å². The molecule has 0 amide bonds. The van der Waals surface area contributed by atoms with Crippen molar-refractivity contribution in [3.05, 3.63) is 34.9 Å². The van der Waals surface area contributed by atoms with E-state index in [0.717, 1.165) is 11.8 Å². The molecule has 2 aliphatic carbocycles. The smallest absolute Gasteiger partial charge is 0.00155 e. The lowest BCUT2D eigenvalue weighted by Crippen LogP contribution is -2.32. The summed E-state index contributed by atoms with van der Waals surface area (Å²) in [7, 11) is 0. The van der Waals surface area contributed by atoms with Crippen LogP contribution in [0.2, 0.25) is 0 Å². The summed E-state index contributed by atoms with van der Waals surface area (Å²) in [6.45, 7) is 23.4. The minimum Gasteiger partial charge on any atom is -0.0683 e. The zero-order valence-electron chi connectivity index (χ0n) is 22.1. The van der Waals surface area contributed by atoms with Gasteiger partial charge in [-0.05, 0) is 82.8 Å². The molecule has 2 unspecified atom stereocenters. The Kier molecular flexibility index (Phi) is 8.31. The molecule has 0 heteroatoms. The van der Waals surface area contributed by atoms with Crippen LogP contribution in [0.15, 0.2) is 18.2 Å². The van der Waals surface area contributed by atoms with E-state index >= 15 is 0 Å². The Hall–Kier alpha value is -0.780. The SMILES string of the molecule is CC.CCCC1(c2ccc3c(c2)[C@H](C(C)(C)C)CCC3(C)C)CC1CC[C@H](C)CC. The Labute approximate surface area is 189 Å². The van der Waals surface area contributed by atoms with Crippen molar-refractivity contribution in [1.82, 2.24) is 0 Å². The van der Waals surface area contributed by atoms with Crippen molar-refractivity contribution < 1.29 is 0 Å². The van der Waals surface area contributed by atoms with Gasteiger partial charge in [0.05, 0.1) is 0 Å². The van der Waals surface area contributed by atoms with Crippen LogP contribution >= 0.6 is 0 Å². The third-order valence-corrected chi connectivity index (χ3v) is 8.47. The van der Waals surface area contributed by atoms with Gasteiger partial charge in [0.15, 0.2) is 0 Å². The van der Waals surface area contributed by atoms with Gasteiger partial charge in [-0.1, -0.05) is 107 Å². The van der Waals surface area contributed by atoms with Gasteiger partial charge in [0, 0.05) is 0 Å². The average Bonchev–Trinajstić information content (AvgIpc) is 3.40. The molecule has 0 spiro atoms. The van der Waals surface area contributed by atoms with E-state index in [1.165, 1.54) is 51.4 Å². The van der Waals surface area contributed by atoms with Gasteiger partial charge in [-0.2, -0.15) is 0 Å². The molecule has 0 nitrogen and oxygen atoms in total. The van der Waals surface area contributed by atoms with Gasteiger partial charge in [-0.15, -0.1) is 0 Å². The first-order chi connectivity index (χ1) is 14.0. The van der Waals surface area contributed by atoms with E-state index in [1.807, 2.05) is 13.8 Å². The monoisotopic (exact) mass is 412 g/mol. The fourth-order valence-electron chi connectivity index (χ4n) is 6.17. The summed E-state index contributed by atoms with van der Waals surface area (Å²) < 4.78 is 0. The Morgan fingerprint density at radius 3 is 2.33 bits per heavy atom. The first-order valence-corrected chi connectivity index (χ1v) is 13.2. The van der Waals surface area contributed by atoms with Crippen LogP contribution in [-0.2, 0) is 10.8 Å². The van der Waals surface area contributed by atoms with Crippen molar-refractivity contribution in [3.63, 3.8) is 0 Å². The average molecular weight is 413 g/mol. The van der Waals surface area contributed by atoms with Gasteiger partial charge in [-0.3, -0.25) is 0 Å². The molecule has 1 saturated carbocycles. The molecule has 1 fully saturated rings. The first-order valence-electron chi connectivity index (χ1n) is 13.2. The Morgan fingerprint density at radius 1 is 1.10 bits per heavy atom. The Balaban J connectivity index is 0.00000155. The molecule has 0 saturated heterocycles. The minimum absolute atomic E-state index is 0.326. The number of fused-ring (bicyclic) bond motifs is 1. The van der Waals surface area contributed by atoms with Crippen LogP contribution in [0, 0.1) is 17.3 Å². The highest BCUT2D eigenvalue weighted by molar-refractivity contribution is 5.46. The Bertz CT molecular complexity index is 674. The van der Waals surface area contributed by atoms with Gasteiger partial charge in [0.1, 0.15) is 0 Å². The summed E-state index contributed by atoms with van der Waals surface area (Å²) in [5, 5.41) is 0. The minimum atomic E-state index is 0.326. The summed E-state index contributed by atoms with van der Waals surface area (Å²) >= 11 is 0. The van der Waals surface area contributed by atoms with Crippen molar-refractivity contribution in [1.29, 1.82) is 0 Å². The topological polar surface area (TPSA) is 0 Å². The highest BCUT2D eigenvalue weighted by Gasteiger charge is 2.54. The highest BCUT2D eigenvalue weighted by atomic mass is 14.6. The second-order valence-electron chi connectivity index (χ2n) is 12.0. The summed E-state index contributed by atoms with van der Waals surface area (Å²) in [4.78, 5) is 0. The van der Waals surface area contributed by atoms with Gasteiger partial charge in [-0.25, -0.2) is 0 Å². The summed E-state index contributed by atoms with van der Waals surface area (Å²) in [5.41, 5.74) is 6.15. The maximum Gasteiger partial charge on any atom is -0.00155 e. The molecule has 1 aromatic carbocycles. The maximum absolute atomic E-state index is 2.69. The molecule has 3 rings (SSSR count). The van der Waals surface area contributed by atoms with Gasteiger partial charge < -0.3 is 0 Å². The zero-order chi connectivity index (χ0) is 22.7. The highest BCUT2D eigenvalue weighted by Crippen LogP contribution is 2.61. The molecule has 4 atom stereocenters. The molecule has 0 radical (unpaired) electrons. The van der Waals surface area contributed by atoms with E-state index in [4.69, 9.17) is 0 Å². The molecule has 2 aliphatic rings. The van der Waals surface area contributed by atoms with Crippen LogP contribution in [0.5, 0.6) is 0 Å². The first kappa shape index (κ1) is 25.5. The van der Waals surface area contributed by atoms with E-state index in [1.54, 1.807) is 16.7 Å². The van der Waals surface area contributed by atoms with Crippen LogP contribution in [-0.4, -0.2) is 0 Å². The predicted octanol–water partition coefficient (Wildman–Crippen LogP) is 9.80. The third-order valence-electron chi connectivity index (χ3n) is 8.47. The van der Waals surface area contributed by atoms with Gasteiger partial charge in [0.25, 0.3) is 0 Å². The molecule has 30 heavy (non-hydrogen) atoms. The second kappa shape index (κ2) is 9.79. The van der Waals surface area contributed by atoms with Crippen LogP contribution in [0.3, 0.4) is 0 Å². The fraction of sp³-hybridized carbons (Fsp3) is 0.800. The second-order valence-corrected chi connectivity index (χ2v) is 12.0. The number of rotatable bonds is 7. The lowest BCUT2D eigenvalue weighted by atomic mass is 9.62. The molecule has 172 valence electrons. The van der Waals surface area contributed by atoms with E-state index in [2.05, 4.69) is 73.6 Å². The molecule has 1 aromatic rings. The van der Waals surface area contributed by atoms with Crippen molar-refractivity contribution in [2.75, 3.05) is 0 Å². The van der Waals surface area contributed by atoms with E-state index in [9.17, 15) is 0 Å². The molecular formula is C30H52. The molecular weight excluding hydrogens is 360 g/mol. The van der Waals surface area contributed by atoms with E-state index in [-0.39, 0.29) is 0 Å². The van der Waals surface area contributed by atoms with Gasteiger partial charge >= 0.3 is 0 Å². The maximum atomic E-state index is 2.69. The molecule has 0 aliphatic heterocycles. The fourth-order valence-corrected chi connectivity index (χ4v) is 6.17. The lowest BCUT2D eigenvalue weighted by Gasteiger charge is -2.43. The Morgan fingerprint density at radius 2 is 1.77 bits per heavy atom. The van der Waals surface area contributed by atoms with Crippen LogP contribution < -0.4 is 0 Å². The van der Waals surface area contributed by atoms with Crippen molar-refractivity contribution in [2.24, 2.45) is 17.3 Å². The summed E-state index contributed by atoms with van der Waals surface area (Å²) in [6, 6.07) is 7.75. The summed E-state index contributed by atoms with van der Waals surface area (Å²) in [5.74, 6) is 2.50. The third kappa shape index (κ3) is 5.16.